The molecule has 0 unspecified atom stereocenters. The third-order valence-corrected chi connectivity index (χ3v) is 3.91. The van der Waals surface area contributed by atoms with Gasteiger partial charge in [-0.2, -0.15) is 4.98 Å². The normalized spacial score (nSPS) is 11.2. The predicted octanol–water partition coefficient (Wildman–Crippen LogP) is 5.35. The van der Waals surface area contributed by atoms with Crippen LogP contribution >= 0.6 is 11.6 Å². The molecule has 0 atom stereocenters. The van der Waals surface area contributed by atoms with Crippen LogP contribution in [0.25, 0.3) is 11.3 Å². The number of anilines is 2. The van der Waals surface area contributed by atoms with Crippen molar-refractivity contribution in [2.24, 2.45) is 0 Å². The van der Waals surface area contributed by atoms with E-state index in [1.54, 1.807) is 25.2 Å². The lowest BCUT2D eigenvalue weighted by molar-refractivity contribution is -0.274. The van der Waals surface area contributed by atoms with Gasteiger partial charge in [-0.25, -0.2) is 4.98 Å². The molecule has 1 aromatic heterocycles. The Morgan fingerprint density at radius 1 is 1.04 bits per heavy atom. The van der Waals surface area contributed by atoms with Crippen molar-refractivity contribution in [1.29, 1.82) is 0 Å². The Labute approximate surface area is 164 Å². The van der Waals surface area contributed by atoms with Crippen molar-refractivity contribution in [2.45, 2.75) is 12.9 Å². The van der Waals surface area contributed by atoms with Crippen LogP contribution in [0.1, 0.15) is 5.56 Å². The number of hydrogen-bond donors (Lipinski definition) is 2. The molecule has 0 fully saturated rings. The zero-order chi connectivity index (χ0) is 20.1. The molecule has 0 saturated heterocycles. The van der Waals surface area contributed by atoms with Crippen LogP contribution in [0.3, 0.4) is 0 Å². The third-order valence-electron chi connectivity index (χ3n) is 3.68. The number of nitrogens with one attached hydrogen (secondary N) is 2. The molecule has 0 aliphatic rings. The van der Waals surface area contributed by atoms with Crippen molar-refractivity contribution in [3.05, 3.63) is 65.2 Å². The minimum Gasteiger partial charge on any atom is -0.406 e. The highest BCUT2D eigenvalue weighted by molar-refractivity contribution is 6.30. The predicted molar refractivity (Wildman–Crippen MR) is 102 cm³/mol. The molecule has 0 amide bonds. The lowest BCUT2D eigenvalue weighted by atomic mass is 10.1. The molecule has 146 valence electrons. The molecule has 0 aliphatic heterocycles. The van der Waals surface area contributed by atoms with Crippen LogP contribution in [0, 0.1) is 0 Å². The Morgan fingerprint density at radius 3 is 2.54 bits per heavy atom. The molecule has 0 saturated carbocycles. The first-order chi connectivity index (χ1) is 13.3. The molecule has 0 radical (unpaired) electrons. The van der Waals surface area contributed by atoms with Gasteiger partial charge in [0.15, 0.2) is 0 Å². The topological polar surface area (TPSA) is 59.1 Å². The van der Waals surface area contributed by atoms with E-state index >= 15 is 0 Å². The van der Waals surface area contributed by atoms with Crippen LogP contribution < -0.4 is 15.4 Å². The van der Waals surface area contributed by atoms with Crippen LogP contribution in [-0.2, 0) is 6.54 Å². The van der Waals surface area contributed by atoms with Gasteiger partial charge in [-0.05, 0) is 29.8 Å². The summed E-state index contributed by atoms with van der Waals surface area (Å²) in [6.07, 6.45) is -4.76. The van der Waals surface area contributed by atoms with Gasteiger partial charge < -0.3 is 15.4 Å². The second kappa shape index (κ2) is 8.35. The van der Waals surface area contributed by atoms with Crippen LogP contribution in [-0.4, -0.2) is 23.4 Å². The molecule has 0 spiro atoms. The number of ether oxygens (including phenoxy) is 1. The number of benzene rings is 2. The summed E-state index contributed by atoms with van der Waals surface area (Å²) in [5.41, 5.74) is 1.87. The van der Waals surface area contributed by atoms with Crippen LogP contribution in [0.4, 0.5) is 24.9 Å². The second-order valence-corrected chi connectivity index (χ2v) is 6.21. The average molecular weight is 409 g/mol. The van der Waals surface area contributed by atoms with Crippen molar-refractivity contribution >= 4 is 23.4 Å². The van der Waals surface area contributed by atoms with Gasteiger partial charge in [0, 0.05) is 30.2 Å². The van der Waals surface area contributed by atoms with Gasteiger partial charge in [-0.3, -0.25) is 0 Å². The zero-order valence-electron chi connectivity index (χ0n) is 14.7. The van der Waals surface area contributed by atoms with Gasteiger partial charge >= 0.3 is 6.36 Å². The van der Waals surface area contributed by atoms with Gasteiger partial charge in [-0.1, -0.05) is 35.9 Å². The standard InChI is InChI=1S/C19H16ClF3N4O/c1-24-18-26-16(13-5-3-7-15(9-13)28-19(21,22)23)10-17(27-18)25-11-12-4-2-6-14(20)8-12/h2-10H,11H2,1H3,(H2,24,25,26,27). The molecular weight excluding hydrogens is 393 g/mol. The number of aromatic nitrogens is 2. The Bertz CT molecular complexity index is 966. The highest BCUT2D eigenvalue weighted by Gasteiger charge is 2.31. The number of nitrogens with zero attached hydrogens (tertiary/aromatic N) is 2. The van der Waals surface area contributed by atoms with Gasteiger partial charge in [0.1, 0.15) is 11.6 Å². The molecule has 0 bridgehead atoms. The Balaban J connectivity index is 1.85. The maximum absolute atomic E-state index is 12.5. The molecule has 2 aromatic carbocycles. The van der Waals surface area contributed by atoms with E-state index in [0.29, 0.717) is 34.6 Å². The number of halogens is 4. The SMILES string of the molecule is CNc1nc(NCc2cccc(Cl)c2)cc(-c2cccc(OC(F)(F)F)c2)n1. The van der Waals surface area contributed by atoms with Gasteiger partial charge in [0.25, 0.3) is 0 Å². The Hall–Kier alpha value is -3.00. The fourth-order valence-corrected chi connectivity index (χ4v) is 2.70. The first-order valence-corrected chi connectivity index (χ1v) is 8.61. The summed E-state index contributed by atoms with van der Waals surface area (Å²) in [6, 6.07) is 14.6. The fourth-order valence-electron chi connectivity index (χ4n) is 2.49. The van der Waals surface area contributed by atoms with E-state index in [4.69, 9.17) is 11.6 Å². The average Bonchev–Trinajstić information content (AvgIpc) is 2.65. The summed E-state index contributed by atoms with van der Waals surface area (Å²) in [5.74, 6) is 0.521. The lowest BCUT2D eigenvalue weighted by Crippen LogP contribution is -2.17. The highest BCUT2D eigenvalue weighted by Crippen LogP contribution is 2.28. The summed E-state index contributed by atoms with van der Waals surface area (Å²) in [5, 5.41) is 6.63. The lowest BCUT2D eigenvalue weighted by Gasteiger charge is -2.12. The maximum Gasteiger partial charge on any atom is 0.573 e. The van der Waals surface area contributed by atoms with Crippen molar-refractivity contribution in [3.8, 4) is 17.0 Å². The molecule has 28 heavy (non-hydrogen) atoms. The van der Waals surface area contributed by atoms with Crippen molar-refractivity contribution < 1.29 is 17.9 Å². The van der Waals surface area contributed by atoms with Crippen molar-refractivity contribution in [3.63, 3.8) is 0 Å². The molecule has 5 nitrogen and oxygen atoms in total. The quantitative estimate of drug-likeness (QED) is 0.575. The van der Waals surface area contributed by atoms with E-state index in [9.17, 15) is 13.2 Å². The molecule has 3 rings (SSSR count). The van der Waals surface area contributed by atoms with E-state index in [1.807, 2.05) is 18.2 Å². The summed E-state index contributed by atoms with van der Waals surface area (Å²) >= 11 is 5.98. The minimum absolute atomic E-state index is 0.317. The molecule has 2 N–H and O–H groups in total. The second-order valence-electron chi connectivity index (χ2n) is 5.77. The molecule has 0 aliphatic carbocycles. The van der Waals surface area contributed by atoms with E-state index in [1.165, 1.54) is 18.2 Å². The van der Waals surface area contributed by atoms with E-state index in [2.05, 4.69) is 25.3 Å². The molecule has 3 aromatic rings. The summed E-state index contributed by atoms with van der Waals surface area (Å²) < 4.78 is 41.4. The van der Waals surface area contributed by atoms with Crippen LogP contribution in [0.5, 0.6) is 5.75 Å². The number of rotatable bonds is 6. The monoisotopic (exact) mass is 408 g/mol. The molecular formula is C19H16ClF3N4O. The smallest absolute Gasteiger partial charge is 0.406 e. The third kappa shape index (κ3) is 5.50. The van der Waals surface area contributed by atoms with Gasteiger partial charge in [0.2, 0.25) is 5.95 Å². The Morgan fingerprint density at radius 2 is 1.82 bits per heavy atom. The van der Waals surface area contributed by atoms with Crippen molar-refractivity contribution in [2.75, 3.05) is 17.7 Å². The van der Waals surface area contributed by atoms with Crippen LogP contribution in [0.15, 0.2) is 54.6 Å². The zero-order valence-corrected chi connectivity index (χ0v) is 15.5. The molecule has 9 heteroatoms. The largest absolute Gasteiger partial charge is 0.573 e. The fraction of sp³-hybridized carbons (Fsp3) is 0.158. The Kier molecular flexibility index (Phi) is 5.89. The summed E-state index contributed by atoms with van der Waals surface area (Å²) in [4.78, 5) is 8.63. The number of hydrogen-bond acceptors (Lipinski definition) is 5. The first-order valence-electron chi connectivity index (χ1n) is 8.24. The maximum atomic E-state index is 12.5. The van der Waals surface area contributed by atoms with Crippen LogP contribution in [0.2, 0.25) is 5.02 Å². The first kappa shape index (κ1) is 19.8. The highest BCUT2D eigenvalue weighted by atomic mass is 35.5. The van der Waals surface area contributed by atoms with E-state index in [0.717, 1.165) is 5.56 Å². The molecule has 1 heterocycles. The number of alkyl halides is 3. The summed E-state index contributed by atoms with van der Waals surface area (Å²) in [6.45, 7) is 0.470. The van der Waals surface area contributed by atoms with Gasteiger partial charge in [-0.15, -0.1) is 13.2 Å². The van der Waals surface area contributed by atoms with E-state index < -0.39 is 6.36 Å². The van der Waals surface area contributed by atoms with E-state index in [-0.39, 0.29) is 5.75 Å². The summed E-state index contributed by atoms with van der Waals surface area (Å²) in [7, 11) is 1.66. The van der Waals surface area contributed by atoms with Crippen molar-refractivity contribution in [1.82, 2.24) is 9.97 Å². The minimum atomic E-state index is -4.76. The van der Waals surface area contributed by atoms with Gasteiger partial charge in [0.05, 0.1) is 5.69 Å².